The molecule has 2 aliphatic rings. The number of nitrogens with zero attached hydrogens (tertiary/aromatic N) is 2. The average molecular weight is 265 g/mol. The van der Waals surface area contributed by atoms with Gasteiger partial charge in [-0.1, -0.05) is 0 Å². The van der Waals surface area contributed by atoms with Crippen LogP contribution in [0.5, 0.6) is 0 Å². The molecule has 18 heavy (non-hydrogen) atoms. The van der Waals surface area contributed by atoms with Gasteiger partial charge in [-0.3, -0.25) is 4.79 Å². The fourth-order valence-electron chi connectivity index (χ4n) is 3.15. The predicted octanol–water partition coefficient (Wildman–Crippen LogP) is 1.55. The van der Waals surface area contributed by atoms with Crippen molar-refractivity contribution in [3.63, 3.8) is 0 Å². The van der Waals surface area contributed by atoms with Gasteiger partial charge in [-0.05, 0) is 26.2 Å². The Labute approximate surface area is 111 Å². The zero-order valence-electron chi connectivity index (χ0n) is 10.8. The molecule has 2 fully saturated rings. The molecule has 0 radical (unpaired) electrons. The maximum Gasteiger partial charge on any atom is 0.227 e. The molecule has 3 atom stereocenters. The highest BCUT2D eigenvalue weighted by Gasteiger charge is 2.43. The molecule has 5 heteroatoms. The third-order valence-electron chi connectivity index (χ3n) is 4.22. The van der Waals surface area contributed by atoms with Gasteiger partial charge in [-0.15, -0.1) is 11.3 Å². The van der Waals surface area contributed by atoms with Crippen molar-refractivity contribution in [1.82, 2.24) is 15.2 Å². The number of fused-ring (bicyclic) bond motifs is 2. The van der Waals surface area contributed by atoms with Gasteiger partial charge in [0.2, 0.25) is 5.91 Å². The van der Waals surface area contributed by atoms with Crippen LogP contribution in [0.1, 0.15) is 29.8 Å². The second kappa shape index (κ2) is 4.63. The largest absolute Gasteiger partial charge is 0.340 e. The zero-order chi connectivity index (χ0) is 12.7. The van der Waals surface area contributed by atoms with Crippen LogP contribution in [-0.4, -0.2) is 34.9 Å². The second-order valence-corrected chi connectivity index (χ2v) is 6.38. The van der Waals surface area contributed by atoms with Crippen LogP contribution in [-0.2, 0) is 11.3 Å². The highest BCUT2D eigenvalue weighted by atomic mass is 32.1. The topological polar surface area (TPSA) is 45.2 Å². The van der Waals surface area contributed by atoms with Gasteiger partial charge in [-0.25, -0.2) is 4.98 Å². The molecule has 2 saturated heterocycles. The predicted molar refractivity (Wildman–Crippen MR) is 71.4 cm³/mol. The van der Waals surface area contributed by atoms with Gasteiger partial charge >= 0.3 is 0 Å². The third kappa shape index (κ3) is 2.06. The molecule has 1 aromatic heterocycles. The summed E-state index contributed by atoms with van der Waals surface area (Å²) in [6.45, 7) is 2.70. The van der Waals surface area contributed by atoms with Crippen LogP contribution >= 0.6 is 11.3 Å². The number of aryl methyl sites for hydroxylation is 1. The van der Waals surface area contributed by atoms with Crippen molar-refractivity contribution >= 4 is 17.2 Å². The van der Waals surface area contributed by atoms with Crippen LogP contribution in [0.2, 0.25) is 0 Å². The normalized spacial score (nSPS) is 29.8. The SMILES string of the molecule is Cc1ncsc1CN(C)C(=O)C1CC2CCC1N2. The summed E-state index contributed by atoms with van der Waals surface area (Å²) in [5.41, 5.74) is 2.90. The fourth-order valence-corrected chi connectivity index (χ4v) is 3.98. The Morgan fingerprint density at radius 1 is 1.61 bits per heavy atom. The highest BCUT2D eigenvalue weighted by Crippen LogP contribution is 2.34. The van der Waals surface area contributed by atoms with Gasteiger partial charge in [0.15, 0.2) is 0 Å². The van der Waals surface area contributed by atoms with Crippen LogP contribution in [0.25, 0.3) is 0 Å². The number of nitrogens with one attached hydrogen (secondary N) is 1. The zero-order valence-corrected chi connectivity index (χ0v) is 11.7. The van der Waals surface area contributed by atoms with E-state index < -0.39 is 0 Å². The molecule has 0 saturated carbocycles. The smallest absolute Gasteiger partial charge is 0.227 e. The summed E-state index contributed by atoms with van der Waals surface area (Å²) in [5.74, 6) is 0.490. The summed E-state index contributed by atoms with van der Waals surface area (Å²) >= 11 is 1.63. The maximum atomic E-state index is 12.4. The summed E-state index contributed by atoms with van der Waals surface area (Å²) in [6, 6.07) is 1.01. The number of hydrogen-bond donors (Lipinski definition) is 1. The average Bonchev–Trinajstić information content (AvgIpc) is 3.05. The molecule has 1 aromatic rings. The lowest BCUT2D eigenvalue weighted by Crippen LogP contribution is -2.38. The first-order valence-corrected chi connectivity index (χ1v) is 7.43. The lowest BCUT2D eigenvalue weighted by Gasteiger charge is -2.25. The molecule has 4 nitrogen and oxygen atoms in total. The van der Waals surface area contributed by atoms with E-state index in [0.29, 0.717) is 24.5 Å². The lowest BCUT2D eigenvalue weighted by atomic mass is 9.88. The minimum atomic E-state index is 0.196. The van der Waals surface area contributed by atoms with Crippen molar-refractivity contribution in [2.45, 2.75) is 44.8 Å². The van der Waals surface area contributed by atoms with Crippen LogP contribution in [0.15, 0.2) is 5.51 Å². The summed E-state index contributed by atoms with van der Waals surface area (Å²) < 4.78 is 0. The Kier molecular flexibility index (Phi) is 3.11. The standard InChI is InChI=1S/C13H19N3OS/c1-8-12(18-7-14-8)6-16(2)13(17)10-5-9-3-4-11(10)15-9/h7,9-11,15H,3-6H2,1-2H3. The molecule has 3 unspecified atom stereocenters. The van der Waals surface area contributed by atoms with Crippen LogP contribution in [0, 0.1) is 12.8 Å². The van der Waals surface area contributed by atoms with E-state index in [4.69, 9.17) is 0 Å². The van der Waals surface area contributed by atoms with Crippen molar-refractivity contribution in [2.24, 2.45) is 5.92 Å². The molecule has 2 bridgehead atoms. The number of carbonyl (C=O) groups is 1. The summed E-state index contributed by atoms with van der Waals surface area (Å²) in [4.78, 5) is 19.7. The van der Waals surface area contributed by atoms with Crippen LogP contribution in [0.4, 0.5) is 0 Å². The van der Waals surface area contributed by atoms with E-state index in [2.05, 4.69) is 10.3 Å². The first kappa shape index (κ1) is 12.1. The Bertz CT molecular complexity index is 459. The van der Waals surface area contributed by atoms with Crippen molar-refractivity contribution < 1.29 is 4.79 Å². The molecule has 1 N–H and O–H groups in total. The van der Waals surface area contributed by atoms with E-state index in [1.54, 1.807) is 11.3 Å². The fraction of sp³-hybridized carbons (Fsp3) is 0.692. The van der Waals surface area contributed by atoms with Crippen molar-refractivity contribution in [3.8, 4) is 0 Å². The summed E-state index contributed by atoms with van der Waals surface area (Å²) in [7, 11) is 1.91. The van der Waals surface area contributed by atoms with Crippen LogP contribution < -0.4 is 5.32 Å². The van der Waals surface area contributed by atoms with Crippen molar-refractivity contribution in [1.29, 1.82) is 0 Å². The molecular formula is C13H19N3OS. The monoisotopic (exact) mass is 265 g/mol. The minimum Gasteiger partial charge on any atom is -0.340 e. The maximum absolute atomic E-state index is 12.4. The number of amides is 1. The summed E-state index contributed by atoms with van der Waals surface area (Å²) in [6.07, 6.45) is 3.43. The van der Waals surface area contributed by atoms with Gasteiger partial charge in [0.1, 0.15) is 0 Å². The molecule has 0 aromatic carbocycles. The van der Waals surface area contributed by atoms with Gasteiger partial charge in [-0.2, -0.15) is 0 Å². The Balaban J connectivity index is 1.64. The van der Waals surface area contributed by atoms with Gasteiger partial charge in [0, 0.05) is 24.0 Å². The van der Waals surface area contributed by atoms with Crippen molar-refractivity contribution in [2.75, 3.05) is 7.05 Å². The lowest BCUT2D eigenvalue weighted by molar-refractivity contribution is -0.135. The highest BCUT2D eigenvalue weighted by molar-refractivity contribution is 7.09. The Hall–Kier alpha value is -0.940. The molecule has 2 aliphatic heterocycles. The van der Waals surface area contributed by atoms with E-state index in [1.807, 2.05) is 24.4 Å². The Morgan fingerprint density at radius 3 is 3.00 bits per heavy atom. The Morgan fingerprint density at radius 2 is 2.44 bits per heavy atom. The van der Waals surface area contributed by atoms with Crippen molar-refractivity contribution in [3.05, 3.63) is 16.1 Å². The minimum absolute atomic E-state index is 0.196. The number of carbonyl (C=O) groups excluding carboxylic acids is 1. The van der Waals surface area contributed by atoms with Gasteiger partial charge in [0.25, 0.3) is 0 Å². The summed E-state index contributed by atoms with van der Waals surface area (Å²) in [5, 5.41) is 3.53. The quantitative estimate of drug-likeness (QED) is 0.902. The van der Waals surface area contributed by atoms with Crippen LogP contribution in [0.3, 0.4) is 0 Å². The number of hydrogen-bond acceptors (Lipinski definition) is 4. The number of aromatic nitrogens is 1. The third-order valence-corrected chi connectivity index (χ3v) is 5.14. The number of thiazole rings is 1. The number of rotatable bonds is 3. The van der Waals surface area contributed by atoms with E-state index in [9.17, 15) is 4.79 Å². The molecule has 0 aliphatic carbocycles. The second-order valence-electron chi connectivity index (χ2n) is 5.44. The molecule has 0 spiro atoms. The molecule has 98 valence electrons. The first-order valence-electron chi connectivity index (χ1n) is 6.55. The molecular weight excluding hydrogens is 246 g/mol. The molecule has 3 rings (SSSR count). The van der Waals surface area contributed by atoms with E-state index in [0.717, 1.165) is 18.5 Å². The van der Waals surface area contributed by atoms with Gasteiger partial charge < -0.3 is 10.2 Å². The first-order chi connectivity index (χ1) is 8.65. The van der Waals surface area contributed by atoms with E-state index in [1.165, 1.54) is 11.3 Å². The van der Waals surface area contributed by atoms with Gasteiger partial charge in [0.05, 0.1) is 23.7 Å². The molecule has 1 amide bonds. The van der Waals surface area contributed by atoms with E-state index >= 15 is 0 Å². The molecule has 3 heterocycles. The van der Waals surface area contributed by atoms with E-state index in [-0.39, 0.29) is 5.92 Å².